The highest BCUT2D eigenvalue weighted by Crippen LogP contribution is 2.30. The summed E-state index contributed by atoms with van der Waals surface area (Å²) in [4.78, 5) is 30.1. The van der Waals surface area contributed by atoms with Gasteiger partial charge in [-0.15, -0.1) is 4.73 Å². The standard InChI is InChI=1S/C15H14F4N2O4/c1-2-12(22)25-21-7-10(20-14(21)23)9-5-3-4-6-11(9)24-8-15(18,19)13(16)17/h3-7,13H,2,8H2,1H3,(H,20,23). The summed E-state index contributed by atoms with van der Waals surface area (Å²) in [5, 5.41) is 0. The highest BCUT2D eigenvalue weighted by molar-refractivity contribution is 5.70. The Morgan fingerprint density at radius 1 is 1.32 bits per heavy atom. The summed E-state index contributed by atoms with van der Waals surface area (Å²) < 4.78 is 55.9. The van der Waals surface area contributed by atoms with Gasteiger partial charge in [-0.3, -0.25) is 0 Å². The fourth-order valence-corrected chi connectivity index (χ4v) is 1.81. The zero-order valence-electron chi connectivity index (χ0n) is 13.0. The molecule has 0 atom stereocenters. The second-order valence-corrected chi connectivity index (χ2v) is 4.96. The van der Waals surface area contributed by atoms with E-state index >= 15 is 0 Å². The first kappa shape index (κ1) is 18.6. The maximum absolute atomic E-state index is 13.0. The van der Waals surface area contributed by atoms with E-state index in [0.29, 0.717) is 4.73 Å². The van der Waals surface area contributed by atoms with Crippen molar-refractivity contribution in [2.45, 2.75) is 25.7 Å². The molecule has 136 valence electrons. The molecule has 0 aliphatic rings. The molecular weight excluding hydrogens is 348 g/mol. The number of H-pyrrole nitrogens is 1. The summed E-state index contributed by atoms with van der Waals surface area (Å²) in [6, 6.07) is 5.68. The molecule has 10 heteroatoms. The molecule has 1 aromatic heterocycles. The summed E-state index contributed by atoms with van der Waals surface area (Å²) in [5.74, 6) is -5.12. The lowest BCUT2D eigenvalue weighted by atomic mass is 10.1. The number of benzene rings is 1. The van der Waals surface area contributed by atoms with Crippen molar-refractivity contribution in [3.05, 3.63) is 40.9 Å². The van der Waals surface area contributed by atoms with Crippen molar-refractivity contribution in [2.24, 2.45) is 0 Å². The molecule has 0 amide bonds. The molecular formula is C15H14F4N2O4. The van der Waals surface area contributed by atoms with E-state index in [2.05, 4.69) is 4.98 Å². The molecule has 0 saturated carbocycles. The Kier molecular flexibility index (Phi) is 5.50. The van der Waals surface area contributed by atoms with Crippen LogP contribution in [0.15, 0.2) is 35.3 Å². The van der Waals surface area contributed by atoms with E-state index in [0.717, 1.165) is 6.20 Å². The van der Waals surface area contributed by atoms with Gasteiger partial charge in [0.2, 0.25) is 0 Å². The lowest BCUT2D eigenvalue weighted by Crippen LogP contribution is -2.33. The van der Waals surface area contributed by atoms with Crippen LogP contribution in [0.5, 0.6) is 5.75 Å². The number of nitrogens with zero attached hydrogens (tertiary/aromatic N) is 1. The van der Waals surface area contributed by atoms with E-state index in [1.807, 2.05) is 0 Å². The molecule has 0 fully saturated rings. The zero-order valence-corrected chi connectivity index (χ0v) is 13.0. The largest absolute Gasteiger partial charge is 0.486 e. The Hall–Kier alpha value is -2.78. The molecule has 6 nitrogen and oxygen atoms in total. The molecule has 1 aromatic carbocycles. The minimum atomic E-state index is -4.32. The van der Waals surface area contributed by atoms with Gasteiger partial charge in [0.25, 0.3) is 0 Å². The zero-order chi connectivity index (χ0) is 18.6. The van der Waals surface area contributed by atoms with E-state index in [1.54, 1.807) is 0 Å². The second-order valence-electron chi connectivity index (χ2n) is 4.96. The van der Waals surface area contributed by atoms with Crippen molar-refractivity contribution in [1.29, 1.82) is 0 Å². The van der Waals surface area contributed by atoms with E-state index < -0.39 is 30.6 Å². The molecule has 0 spiro atoms. The fraction of sp³-hybridized carbons (Fsp3) is 0.333. The molecule has 0 bridgehead atoms. The number of rotatable bonds is 7. The summed E-state index contributed by atoms with van der Waals surface area (Å²) in [7, 11) is 0. The van der Waals surface area contributed by atoms with Crippen molar-refractivity contribution in [3.8, 4) is 17.0 Å². The van der Waals surface area contributed by atoms with E-state index in [1.165, 1.54) is 31.2 Å². The monoisotopic (exact) mass is 362 g/mol. The van der Waals surface area contributed by atoms with Gasteiger partial charge >= 0.3 is 24.0 Å². The number of para-hydroxylation sites is 1. The second kappa shape index (κ2) is 7.41. The van der Waals surface area contributed by atoms with Crippen LogP contribution in [0.4, 0.5) is 17.6 Å². The molecule has 0 unspecified atom stereocenters. The Morgan fingerprint density at radius 2 is 2.00 bits per heavy atom. The fourth-order valence-electron chi connectivity index (χ4n) is 1.81. The Balaban J connectivity index is 2.28. The predicted molar refractivity (Wildman–Crippen MR) is 78.8 cm³/mol. The van der Waals surface area contributed by atoms with Gasteiger partial charge in [-0.1, -0.05) is 19.1 Å². The van der Waals surface area contributed by atoms with E-state index in [9.17, 15) is 27.2 Å². The number of carbonyl (C=O) groups is 1. The third kappa shape index (κ3) is 4.40. The van der Waals surface area contributed by atoms with Gasteiger partial charge in [0.1, 0.15) is 5.75 Å². The quantitative estimate of drug-likeness (QED) is 0.768. The molecule has 0 radical (unpaired) electrons. The first-order valence-corrected chi connectivity index (χ1v) is 7.15. The third-order valence-electron chi connectivity index (χ3n) is 3.09. The van der Waals surface area contributed by atoms with Crippen molar-refractivity contribution in [1.82, 2.24) is 9.71 Å². The maximum Gasteiger partial charge on any atom is 0.359 e. The number of ether oxygens (including phenoxy) is 1. The van der Waals surface area contributed by atoms with Crippen LogP contribution in [-0.2, 0) is 4.79 Å². The average molecular weight is 362 g/mol. The van der Waals surface area contributed by atoms with Crippen LogP contribution in [0, 0.1) is 0 Å². The number of halogens is 4. The summed E-state index contributed by atoms with van der Waals surface area (Å²) in [5.41, 5.74) is -0.509. The number of aromatic amines is 1. The summed E-state index contributed by atoms with van der Waals surface area (Å²) in [6.45, 7) is 0.00467. The van der Waals surface area contributed by atoms with E-state index in [4.69, 9.17) is 9.57 Å². The van der Waals surface area contributed by atoms with Gasteiger partial charge < -0.3 is 14.6 Å². The Morgan fingerprint density at radius 3 is 2.64 bits per heavy atom. The normalized spacial score (nSPS) is 11.6. The molecule has 0 aliphatic carbocycles. The number of imidazole rings is 1. The van der Waals surface area contributed by atoms with Crippen LogP contribution in [-0.4, -0.2) is 34.6 Å². The van der Waals surface area contributed by atoms with Gasteiger partial charge in [0, 0.05) is 12.0 Å². The molecule has 1 N–H and O–H groups in total. The van der Waals surface area contributed by atoms with Crippen molar-refractivity contribution < 1.29 is 31.9 Å². The van der Waals surface area contributed by atoms with Crippen LogP contribution < -0.4 is 15.3 Å². The molecule has 0 aliphatic heterocycles. The van der Waals surface area contributed by atoms with Crippen molar-refractivity contribution in [2.75, 3.05) is 6.61 Å². The summed E-state index contributed by atoms with van der Waals surface area (Å²) in [6.07, 6.45) is -2.70. The smallest absolute Gasteiger partial charge is 0.359 e. The lowest BCUT2D eigenvalue weighted by molar-refractivity contribution is -0.148. The first-order valence-electron chi connectivity index (χ1n) is 7.15. The van der Waals surface area contributed by atoms with Crippen molar-refractivity contribution in [3.63, 3.8) is 0 Å². The maximum atomic E-state index is 13.0. The minimum Gasteiger partial charge on any atom is -0.486 e. The van der Waals surface area contributed by atoms with Gasteiger partial charge in [-0.25, -0.2) is 18.4 Å². The molecule has 1 heterocycles. The number of hydrogen-bond donors (Lipinski definition) is 1. The summed E-state index contributed by atoms with van der Waals surface area (Å²) >= 11 is 0. The van der Waals surface area contributed by atoms with Gasteiger partial charge in [-0.2, -0.15) is 8.78 Å². The van der Waals surface area contributed by atoms with Crippen LogP contribution in [0.2, 0.25) is 0 Å². The van der Waals surface area contributed by atoms with Gasteiger partial charge in [0.05, 0.1) is 11.9 Å². The highest BCUT2D eigenvalue weighted by Gasteiger charge is 2.41. The highest BCUT2D eigenvalue weighted by atomic mass is 19.3. The molecule has 25 heavy (non-hydrogen) atoms. The predicted octanol–water partition coefficient (Wildman–Crippen LogP) is 2.49. The van der Waals surface area contributed by atoms with Gasteiger partial charge in [-0.05, 0) is 12.1 Å². The first-order chi connectivity index (χ1) is 11.7. The number of nitrogens with one attached hydrogen (secondary N) is 1. The number of hydrogen-bond acceptors (Lipinski definition) is 4. The lowest BCUT2D eigenvalue weighted by Gasteiger charge is -2.17. The van der Waals surface area contributed by atoms with Crippen LogP contribution in [0.1, 0.15) is 13.3 Å². The van der Waals surface area contributed by atoms with Gasteiger partial charge in [0.15, 0.2) is 6.61 Å². The molecule has 0 saturated heterocycles. The minimum absolute atomic E-state index is 0.0371. The van der Waals surface area contributed by atoms with Crippen molar-refractivity contribution >= 4 is 5.97 Å². The molecule has 2 aromatic rings. The molecule has 2 rings (SSSR count). The third-order valence-corrected chi connectivity index (χ3v) is 3.09. The van der Waals surface area contributed by atoms with Crippen LogP contribution in [0.3, 0.4) is 0 Å². The van der Waals surface area contributed by atoms with Crippen LogP contribution >= 0.6 is 0 Å². The number of carbonyl (C=O) groups excluding carboxylic acids is 1. The van der Waals surface area contributed by atoms with E-state index in [-0.39, 0.29) is 23.4 Å². The topological polar surface area (TPSA) is 73.3 Å². The number of aromatic nitrogens is 2. The average Bonchev–Trinajstić information content (AvgIpc) is 2.93. The Bertz CT molecular complexity index is 801. The number of alkyl halides is 4. The van der Waals surface area contributed by atoms with Crippen LogP contribution in [0.25, 0.3) is 11.3 Å². The Labute approximate surface area is 138 Å². The SMILES string of the molecule is CCC(=O)On1cc(-c2ccccc2OCC(F)(F)C(F)F)[nH]c1=O.